The van der Waals surface area contributed by atoms with Crippen molar-refractivity contribution in [1.82, 2.24) is 4.98 Å². The van der Waals surface area contributed by atoms with Crippen molar-refractivity contribution in [3.8, 4) is 0 Å². The predicted molar refractivity (Wildman–Crippen MR) is 57.1 cm³/mol. The van der Waals surface area contributed by atoms with Crippen molar-refractivity contribution in [3.05, 3.63) is 16.1 Å². The summed E-state index contributed by atoms with van der Waals surface area (Å²) in [5.41, 5.74) is 0.368. The van der Waals surface area contributed by atoms with Gasteiger partial charge in [-0.25, -0.2) is 4.98 Å². The first-order valence-electron chi connectivity index (χ1n) is 4.85. The summed E-state index contributed by atoms with van der Waals surface area (Å²) in [5.74, 6) is 0.0190. The Morgan fingerprint density at radius 2 is 1.79 bits per heavy atom. The molecule has 0 aliphatic carbocycles. The fourth-order valence-electron chi connectivity index (χ4n) is 1.17. The van der Waals surface area contributed by atoms with Crippen LogP contribution in [0.2, 0.25) is 0 Å². The molecule has 1 unspecified atom stereocenters. The largest absolute Gasteiger partial charge is 0.423 e. The highest BCUT2D eigenvalue weighted by atomic mass is 35.5. The molecule has 0 amide bonds. The summed E-state index contributed by atoms with van der Waals surface area (Å²) in [6.45, 7) is 1.07. The monoisotopic (exact) mass is 327 g/mol. The van der Waals surface area contributed by atoms with E-state index in [-0.39, 0.29) is 10.9 Å². The molecular formula is C9H8ClF6NOS. The van der Waals surface area contributed by atoms with Crippen LogP contribution in [-0.4, -0.2) is 23.4 Å². The molecule has 0 saturated carbocycles. The number of alkyl halides is 7. The lowest BCUT2D eigenvalue weighted by Gasteiger charge is -2.25. The van der Waals surface area contributed by atoms with Crippen LogP contribution in [-0.2, 0) is 10.6 Å². The first kappa shape index (κ1) is 16.5. The second kappa shape index (κ2) is 5.84. The molecule has 0 aromatic carbocycles. The topological polar surface area (TPSA) is 22.1 Å². The van der Waals surface area contributed by atoms with Gasteiger partial charge in [-0.3, -0.25) is 0 Å². The van der Waals surface area contributed by atoms with E-state index in [1.54, 1.807) is 0 Å². The molecule has 2 nitrogen and oxygen atoms in total. The molecule has 0 saturated heterocycles. The van der Waals surface area contributed by atoms with Crippen molar-refractivity contribution in [2.75, 3.05) is 0 Å². The molecule has 19 heavy (non-hydrogen) atoms. The van der Waals surface area contributed by atoms with E-state index in [4.69, 9.17) is 11.6 Å². The van der Waals surface area contributed by atoms with Gasteiger partial charge in [-0.15, -0.1) is 22.9 Å². The van der Waals surface area contributed by atoms with E-state index in [2.05, 4.69) is 9.72 Å². The standard InChI is InChI=1S/C9H8ClF6NOS/c1-4(6-17-5(2-10)3-19-6)18-7(8(11,12)13)9(14,15)16/h3-4,7H,2H2,1H3. The maximum atomic E-state index is 12.3. The number of halogens is 7. The summed E-state index contributed by atoms with van der Waals surface area (Å²) in [6.07, 6.45) is -16.3. The van der Waals surface area contributed by atoms with Gasteiger partial charge in [0.2, 0.25) is 6.10 Å². The van der Waals surface area contributed by atoms with Crippen molar-refractivity contribution in [2.45, 2.75) is 37.4 Å². The predicted octanol–water partition coefficient (Wildman–Crippen LogP) is 4.45. The van der Waals surface area contributed by atoms with Gasteiger partial charge in [0.05, 0.1) is 11.6 Å². The molecule has 0 bridgehead atoms. The minimum absolute atomic E-state index is 0.00847. The number of aromatic nitrogens is 1. The van der Waals surface area contributed by atoms with Gasteiger partial charge in [0.1, 0.15) is 11.1 Å². The number of thiazole rings is 1. The maximum Gasteiger partial charge on any atom is 0.423 e. The van der Waals surface area contributed by atoms with Gasteiger partial charge in [0.15, 0.2) is 0 Å². The quantitative estimate of drug-likeness (QED) is 0.602. The van der Waals surface area contributed by atoms with E-state index >= 15 is 0 Å². The Balaban J connectivity index is 2.85. The Bertz CT molecular complexity index is 404. The van der Waals surface area contributed by atoms with Gasteiger partial charge >= 0.3 is 12.4 Å². The Labute approximate surface area is 113 Å². The van der Waals surface area contributed by atoms with E-state index in [0.717, 1.165) is 18.3 Å². The fraction of sp³-hybridized carbons (Fsp3) is 0.667. The molecule has 1 rings (SSSR count). The van der Waals surface area contributed by atoms with Gasteiger partial charge in [-0.2, -0.15) is 26.3 Å². The minimum Gasteiger partial charge on any atom is -0.351 e. The average Bonchev–Trinajstić information content (AvgIpc) is 2.70. The lowest BCUT2D eigenvalue weighted by molar-refractivity contribution is -0.330. The molecule has 0 aliphatic rings. The minimum atomic E-state index is -5.53. The summed E-state index contributed by atoms with van der Waals surface area (Å²) < 4.78 is 77.8. The zero-order valence-corrected chi connectivity index (χ0v) is 10.9. The van der Waals surface area contributed by atoms with Crippen molar-refractivity contribution in [3.63, 3.8) is 0 Å². The first-order valence-corrected chi connectivity index (χ1v) is 6.26. The van der Waals surface area contributed by atoms with Crippen molar-refractivity contribution >= 4 is 22.9 Å². The summed E-state index contributed by atoms with van der Waals surface area (Å²) >= 11 is 6.33. The molecule has 110 valence electrons. The van der Waals surface area contributed by atoms with Crippen LogP contribution in [0.5, 0.6) is 0 Å². The van der Waals surface area contributed by atoms with Crippen LogP contribution in [0.3, 0.4) is 0 Å². The van der Waals surface area contributed by atoms with Crippen LogP contribution in [0.15, 0.2) is 5.38 Å². The number of ether oxygens (including phenoxy) is 1. The second-order valence-corrected chi connectivity index (χ2v) is 4.71. The number of hydrogen-bond acceptors (Lipinski definition) is 3. The summed E-state index contributed by atoms with van der Waals surface area (Å²) in [7, 11) is 0. The van der Waals surface area contributed by atoms with Crippen LogP contribution in [0.1, 0.15) is 23.7 Å². The fourth-order valence-corrected chi connectivity index (χ4v) is 2.21. The smallest absolute Gasteiger partial charge is 0.351 e. The molecule has 1 aromatic heterocycles. The van der Waals surface area contributed by atoms with Crippen LogP contribution >= 0.6 is 22.9 Å². The van der Waals surface area contributed by atoms with Crippen molar-refractivity contribution in [2.24, 2.45) is 0 Å². The number of rotatable bonds is 4. The molecule has 10 heteroatoms. The van der Waals surface area contributed by atoms with Gasteiger partial charge in [0, 0.05) is 5.38 Å². The molecule has 0 spiro atoms. The molecule has 0 radical (unpaired) electrons. The first-order chi connectivity index (χ1) is 8.55. The molecule has 0 N–H and O–H groups in total. The Hall–Kier alpha value is -0.540. The van der Waals surface area contributed by atoms with Gasteiger partial charge in [-0.1, -0.05) is 0 Å². The van der Waals surface area contributed by atoms with Crippen LogP contribution < -0.4 is 0 Å². The van der Waals surface area contributed by atoms with Gasteiger partial charge in [0.25, 0.3) is 0 Å². The van der Waals surface area contributed by atoms with Crippen LogP contribution in [0.4, 0.5) is 26.3 Å². The highest BCUT2D eigenvalue weighted by Gasteiger charge is 2.58. The third-order valence-electron chi connectivity index (χ3n) is 1.99. The van der Waals surface area contributed by atoms with E-state index in [1.165, 1.54) is 5.38 Å². The summed E-state index contributed by atoms with van der Waals surface area (Å²) in [5, 5.41) is 1.45. The summed E-state index contributed by atoms with van der Waals surface area (Å²) in [4.78, 5) is 3.77. The molecule has 0 aliphatic heterocycles. The van der Waals surface area contributed by atoms with E-state index in [0.29, 0.717) is 5.69 Å². The van der Waals surface area contributed by atoms with Crippen LogP contribution in [0, 0.1) is 0 Å². The van der Waals surface area contributed by atoms with Crippen LogP contribution in [0.25, 0.3) is 0 Å². The Kier molecular flexibility index (Phi) is 5.08. The third kappa shape index (κ3) is 4.50. The normalized spacial score (nSPS) is 15.0. The van der Waals surface area contributed by atoms with Crippen molar-refractivity contribution < 1.29 is 31.1 Å². The highest BCUT2D eigenvalue weighted by molar-refractivity contribution is 7.09. The maximum absolute atomic E-state index is 12.3. The SMILES string of the molecule is CC(OC(C(F)(F)F)C(F)(F)F)c1nc(CCl)cs1. The average molecular weight is 328 g/mol. The van der Waals surface area contributed by atoms with E-state index < -0.39 is 24.6 Å². The van der Waals surface area contributed by atoms with E-state index in [9.17, 15) is 26.3 Å². The second-order valence-electron chi connectivity index (χ2n) is 3.55. The van der Waals surface area contributed by atoms with Gasteiger partial charge < -0.3 is 4.74 Å². The highest BCUT2D eigenvalue weighted by Crippen LogP contribution is 2.38. The lowest BCUT2D eigenvalue weighted by atomic mass is 10.3. The summed E-state index contributed by atoms with van der Waals surface area (Å²) in [6, 6.07) is 0. The van der Waals surface area contributed by atoms with E-state index in [1.807, 2.05) is 0 Å². The number of nitrogens with zero attached hydrogens (tertiary/aromatic N) is 1. The molecular weight excluding hydrogens is 320 g/mol. The molecule has 0 fully saturated rings. The van der Waals surface area contributed by atoms with Crippen molar-refractivity contribution in [1.29, 1.82) is 0 Å². The zero-order chi connectivity index (χ0) is 14.8. The third-order valence-corrected chi connectivity index (χ3v) is 3.32. The lowest BCUT2D eigenvalue weighted by Crippen LogP contribution is -2.44. The zero-order valence-electron chi connectivity index (χ0n) is 9.35. The molecule has 1 aromatic rings. The molecule has 1 atom stereocenters. The molecule has 1 heterocycles. The Morgan fingerprint density at radius 3 is 2.16 bits per heavy atom. The number of hydrogen-bond donors (Lipinski definition) is 0. The Morgan fingerprint density at radius 1 is 1.26 bits per heavy atom. The van der Waals surface area contributed by atoms with Gasteiger partial charge in [-0.05, 0) is 6.92 Å².